The Balaban J connectivity index is 0. The molecule has 2 atom stereocenters. The summed E-state index contributed by atoms with van der Waals surface area (Å²) >= 11 is 0. The summed E-state index contributed by atoms with van der Waals surface area (Å²) in [6.45, 7) is 3.25. The first-order chi connectivity index (χ1) is 7.34. The van der Waals surface area contributed by atoms with Gasteiger partial charge in [-0.25, -0.2) is 8.42 Å². The third kappa shape index (κ3) is 13.1. The van der Waals surface area contributed by atoms with Crippen LogP contribution in [0.1, 0.15) is 58.8 Å². The van der Waals surface area contributed by atoms with Crippen LogP contribution in [-0.2, 0) is 10.1 Å². The molecule has 0 aromatic carbocycles. The maximum absolute atomic E-state index is 10.6. The number of aliphatic hydroxyl groups excluding tert-OH is 1. The molecule has 0 bridgehead atoms. The van der Waals surface area contributed by atoms with E-state index < -0.39 is 15.4 Å². The van der Waals surface area contributed by atoms with Gasteiger partial charge in [0.05, 0.1) is 16.2 Å². The number of unbranched alkanes of at least 4 members (excludes halogenated alkanes) is 4. The van der Waals surface area contributed by atoms with Crippen LogP contribution in [0, 0.1) is 0 Å². The maximum atomic E-state index is 10.6. The fourth-order valence-corrected chi connectivity index (χ4v) is 2.00. The second-order valence-corrected chi connectivity index (χ2v) is 6.29. The molecule has 0 aliphatic rings. The first-order valence-electron chi connectivity index (χ1n) is 5.97. The fourth-order valence-electron chi connectivity index (χ4n) is 1.55. The zero-order valence-electron chi connectivity index (χ0n) is 11.2. The van der Waals surface area contributed by atoms with Gasteiger partial charge in [0.25, 0.3) is 0 Å². The number of hydrogen-bond donors (Lipinski definition) is 1. The summed E-state index contributed by atoms with van der Waals surface area (Å²) in [7, 11) is -4.09. The van der Waals surface area contributed by atoms with Gasteiger partial charge in [-0.15, -0.1) is 0 Å². The van der Waals surface area contributed by atoms with Gasteiger partial charge < -0.3 is 9.66 Å². The standard InChI is InChI=1S/C11H24O4S.Na/c1-10(12)8-6-4-3-5-7-9-11(2)16(13,14)15;/h10-12H,3-9H2,1-2H3,(H,13,14,15);/q;+1/p-1. The third-order valence-corrected chi connectivity index (χ3v) is 3.95. The molecule has 0 radical (unpaired) electrons. The molecule has 0 heterocycles. The van der Waals surface area contributed by atoms with Crippen molar-refractivity contribution in [3.05, 3.63) is 0 Å². The van der Waals surface area contributed by atoms with Gasteiger partial charge in [-0.05, 0) is 26.7 Å². The van der Waals surface area contributed by atoms with Gasteiger partial charge in [-0.1, -0.05) is 32.1 Å². The minimum Gasteiger partial charge on any atom is -0.748 e. The van der Waals surface area contributed by atoms with Crippen LogP contribution in [0.3, 0.4) is 0 Å². The molecule has 0 aromatic heterocycles. The number of aliphatic hydroxyl groups is 1. The minimum atomic E-state index is -4.09. The molecule has 0 saturated heterocycles. The quantitative estimate of drug-likeness (QED) is 0.333. The Hall–Kier alpha value is 0.870. The van der Waals surface area contributed by atoms with E-state index in [2.05, 4.69) is 0 Å². The molecule has 0 spiro atoms. The normalized spacial score (nSPS) is 15.1. The van der Waals surface area contributed by atoms with E-state index in [9.17, 15) is 13.0 Å². The van der Waals surface area contributed by atoms with Crippen LogP contribution < -0.4 is 29.6 Å². The Kier molecular flexibility index (Phi) is 12.8. The average Bonchev–Trinajstić information content (AvgIpc) is 2.14. The van der Waals surface area contributed by atoms with E-state index >= 15 is 0 Å². The van der Waals surface area contributed by atoms with Gasteiger partial charge in [0.2, 0.25) is 0 Å². The molecule has 6 heteroatoms. The summed E-state index contributed by atoms with van der Waals surface area (Å²) in [4.78, 5) is 0. The monoisotopic (exact) mass is 274 g/mol. The topological polar surface area (TPSA) is 77.4 Å². The van der Waals surface area contributed by atoms with Crippen molar-refractivity contribution in [2.45, 2.75) is 70.1 Å². The largest absolute Gasteiger partial charge is 1.00 e. The molecule has 2 unspecified atom stereocenters. The summed E-state index contributed by atoms with van der Waals surface area (Å²) < 4.78 is 31.8. The third-order valence-electron chi connectivity index (χ3n) is 2.73. The van der Waals surface area contributed by atoms with Crippen LogP contribution in [0.5, 0.6) is 0 Å². The molecule has 17 heavy (non-hydrogen) atoms. The Labute approximate surface area is 127 Å². The van der Waals surface area contributed by atoms with Crippen molar-refractivity contribution in [3.8, 4) is 0 Å². The molecule has 98 valence electrons. The number of rotatable bonds is 9. The molecule has 0 aliphatic carbocycles. The van der Waals surface area contributed by atoms with Gasteiger partial charge in [-0.2, -0.15) is 0 Å². The van der Waals surface area contributed by atoms with E-state index in [1.807, 2.05) is 0 Å². The van der Waals surface area contributed by atoms with Crippen molar-refractivity contribution in [3.63, 3.8) is 0 Å². The van der Waals surface area contributed by atoms with Crippen LogP contribution >= 0.6 is 0 Å². The van der Waals surface area contributed by atoms with E-state index in [-0.39, 0.29) is 35.7 Å². The molecular formula is C11H23NaO4S. The van der Waals surface area contributed by atoms with Crippen LogP contribution in [0.4, 0.5) is 0 Å². The van der Waals surface area contributed by atoms with Crippen molar-refractivity contribution in [1.82, 2.24) is 0 Å². The smallest absolute Gasteiger partial charge is 0.748 e. The molecule has 0 amide bonds. The van der Waals surface area contributed by atoms with Crippen molar-refractivity contribution in [2.24, 2.45) is 0 Å². The first kappa shape index (κ1) is 20.2. The molecule has 0 fully saturated rings. The maximum Gasteiger partial charge on any atom is 1.00 e. The Morgan fingerprint density at radius 1 is 1.00 bits per heavy atom. The number of hydrogen-bond acceptors (Lipinski definition) is 4. The molecule has 0 rings (SSSR count). The van der Waals surface area contributed by atoms with Crippen molar-refractivity contribution in [2.75, 3.05) is 0 Å². The van der Waals surface area contributed by atoms with Gasteiger partial charge in [0.1, 0.15) is 0 Å². The predicted octanol–water partition coefficient (Wildman–Crippen LogP) is -0.964. The van der Waals surface area contributed by atoms with Crippen molar-refractivity contribution in [1.29, 1.82) is 0 Å². The molecule has 0 saturated carbocycles. The van der Waals surface area contributed by atoms with Crippen molar-refractivity contribution >= 4 is 10.1 Å². The molecule has 0 aliphatic heterocycles. The van der Waals surface area contributed by atoms with E-state index in [1.165, 1.54) is 6.92 Å². The fraction of sp³-hybridized carbons (Fsp3) is 1.00. The molecule has 1 N–H and O–H groups in total. The summed E-state index contributed by atoms with van der Waals surface area (Å²) in [5, 5.41) is 8.26. The summed E-state index contributed by atoms with van der Waals surface area (Å²) in [6, 6.07) is 0. The average molecular weight is 274 g/mol. The van der Waals surface area contributed by atoms with Crippen LogP contribution in [0.25, 0.3) is 0 Å². The van der Waals surface area contributed by atoms with Crippen LogP contribution in [0.15, 0.2) is 0 Å². The van der Waals surface area contributed by atoms with E-state index in [1.54, 1.807) is 6.92 Å². The van der Waals surface area contributed by atoms with E-state index in [4.69, 9.17) is 5.11 Å². The summed E-state index contributed by atoms with van der Waals surface area (Å²) in [5.41, 5.74) is 0. The predicted molar refractivity (Wildman–Crippen MR) is 63.2 cm³/mol. The van der Waals surface area contributed by atoms with Crippen molar-refractivity contribution < 1.29 is 47.6 Å². The SMILES string of the molecule is CC(O)CCCCCCCC(C)S(=O)(=O)[O-].[Na+]. The summed E-state index contributed by atoms with van der Waals surface area (Å²) in [5.74, 6) is 0. The molecular weight excluding hydrogens is 251 g/mol. The molecule has 0 aromatic rings. The summed E-state index contributed by atoms with van der Waals surface area (Å²) in [6.07, 6.45) is 5.91. The van der Waals surface area contributed by atoms with E-state index in [0.717, 1.165) is 38.5 Å². The first-order valence-corrected chi connectivity index (χ1v) is 7.44. The second-order valence-electron chi connectivity index (χ2n) is 4.50. The zero-order valence-corrected chi connectivity index (χ0v) is 14.0. The van der Waals surface area contributed by atoms with Gasteiger partial charge in [0.15, 0.2) is 0 Å². The molecule has 4 nitrogen and oxygen atoms in total. The van der Waals surface area contributed by atoms with Crippen LogP contribution in [0.2, 0.25) is 0 Å². The second kappa shape index (κ2) is 10.8. The van der Waals surface area contributed by atoms with Gasteiger partial charge >= 0.3 is 29.6 Å². The Morgan fingerprint density at radius 2 is 1.41 bits per heavy atom. The van der Waals surface area contributed by atoms with Gasteiger partial charge in [0, 0.05) is 5.25 Å². The minimum absolute atomic E-state index is 0. The van der Waals surface area contributed by atoms with Crippen LogP contribution in [-0.4, -0.2) is 29.4 Å². The zero-order chi connectivity index (χ0) is 12.6. The Bertz CT molecular complexity index is 265. The van der Waals surface area contributed by atoms with Gasteiger partial charge in [-0.3, -0.25) is 0 Å². The Morgan fingerprint density at radius 3 is 1.82 bits per heavy atom. The van der Waals surface area contributed by atoms with E-state index in [0.29, 0.717) is 6.42 Å².